The number of nitrogen functional groups attached to an aromatic ring is 4. The number of carbonyl (C=O) groups is 8. The molecule has 0 atom stereocenters. The third-order valence-electron chi connectivity index (χ3n) is 13.6. The lowest BCUT2D eigenvalue weighted by Crippen LogP contribution is -2.19. The number of esters is 2. The van der Waals surface area contributed by atoms with Crippen molar-refractivity contribution in [1.29, 1.82) is 5.26 Å². The summed E-state index contributed by atoms with van der Waals surface area (Å²) in [4.78, 5) is 96.5. The number of rotatable bonds is 14. The number of amides is 4. The highest BCUT2D eigenvalue weighted by Crippen LogP contribution is 2.29. The molecule has 520 valence electrons. The molecule has 12 rings (SSSR count). The number of allylic oxidation sites excluding steroid dienone is 1. The van der Waals surface area contributed by atoms with Gasteiger partial charge in [-0.1, -0.05) is 48.2 Å². The molecule has 0 unspecified atom stereocenters. The van der Waals surface area contributed by atoms with E-state index in [4.69, 9.17) is 57.4 Å². The van der Waals surface area contributed by atoms with Crippen molar-refractivity contribution in [2.24, 2.45) is 0 Å². The van der Waals surface area contributed by atoms with Gasteiger partial charge in [-0.3, -0.25) is 19.2 Å². The number of aromatic nitrogens is 19. The molecule has 40 nitrogen and oxygen atoms in total. The number of carbonyl (C=O) groups excluding carboxylic acids is 6. The van der Waals surface area contributed by atoms with Crippen molar-refractivity contribution in [3.05, 3.63) is 181 Å². The van der Waals surface area contributed by atoms with Gasteiger partial charge in [-0.2, -0.15) is 5.26 Å². The lowest BCUT2D eigenvalue weighted by molar-refractivity contribution is 0.0592. The molecule has 0 fully saturated rings. The fraction of sp³-hybridized carbons (Fsp3) is 0.0492. The van der Waals surface area contributed by atoms with E-state index in [0.717, 1.165) is 37.8 Å². The van der Waals surface area contributed by atoms with Crippen LogP contribution < -0.4 is 44.2 Å². The van der Waals surface area contributed by atoms with Gasteiger partial charge in [-0.15, -0.1) is 72.2 Å². The van der Waals surface area contributed by atoms with Crippen molar-refractivity contribution in [3.8, 4) is 30.8 Å². The van der Waals surface area contributed by atoms with Gasteiger partial charge in [-0.25, -0.2) is 28.0 Å². The second kappa shape index (κ2) is 31.1. The number of nitriles is 1. The number of carboxylic acids is 2. The summed E-state index contributed by atoms with van der Waals surface area (Å²) in [6.07, 6.45) is 15.2. The van der Waals surface area contributed by atoms with E-state index in [1.807, 2.05) is 0 Å². The van der Waals surface area contributed by atoms with E-state index in [1.54, 1.807) is 19.1 Å². The van der Waals surface area contributed by atoms with Crippen LogP contribution in [0.5, 0.6) is 0 Å². The minimum Gasteiger partial charge on any atom is -0.478 e. The quantitative estimate of drug-likeness (QED) is 0.0549. The first-order valence-electron chi connectivity index (χ1n) is 28.4. The van der Waals surface area contributed by atoms with E-state index in [-0.39, 0.29) is 140 Å². The molecule has 0 radical (unpaired) electrons. The van der Waals surface area contributed by atoms with Crippen LogP contribution in [0.3, 0.4) is 0 Å². The number of tetrazole rings is 3. The number of methoxy groups -OCH3 is 2. The lowest BCUT2D eigenvalue weighted by Gasteiger charge is -2.12. The molecule has 8 aromatic heterocycles. The van der Waals surface area contributed by atoms with E-state index in [2.05, 4.69) is 122 Å². The molecule has 14 N–H and O–H groups in total. The Labute approximate surface area is 582 Å². The van der Waals surface area contributed by atoms with Gasteiger partial charge in [-0.05, 0) is 116 Å². The molecule has 0 spiro atoms. The zero-order valence-electron chi connectivity index (χ0n) is 53.0. The van der Waals surface area contributed by atoms with Crippen LogP contribution in [0, 0.1) is 41.8 Å². The number of aromatic carboxylic acids is 2. The topological polar surface area (TPSA) is 582 Å². The van der Waals surface area contributed by atoms with Gasteiger partial charge in [0, 0.05) is 22.3 Å². The smallest absolute Gasteiger partial charge is 0.340 e. The number of terminal acetylenes is 2. The Kier molecular flexibility index (Phi) is 21.6. The predicted molar refractivity (Wildman–Crippen MR) is 359 cm³/mol. The van der Waals surface area contributed by atoms with Crippen molar-refractivity contribution < 1.29 is 66.8 Å². The molecule has 12 aromatic rings. The molecular formula is C61H43ClF2N28O12. The first-order valence-corrected chi connectivity index (χ1v) is 28.8. The van der Waals surface area contributed by atoms with Crippen molar-refractivity contribution in [2.75, 3.05) is 58.4 Å². The fourth-order valence-corrected chi connectivity index (χ4v) is 8.99. The zero-order valence-corrected chi connectivity index (χ0v) is 53.7. The normalized spacial score (nSPS) is 10.5. The highest BCUT2D eigenvalue weighted by Gasteiger charge is 2.25. The molecule has 0 aliphatic rings. The average molecular weight is 1430 g/mol. The number of hydrogen-bond donors (Lipinski definition) is 10. The third kappa shape index (κ3) is 15.9. The van der Waals surface area contributed by atoms with Gasteiger partial charge >= 0.3 is 23.9 Å². The maximum Gasteiger partial charge on any atom is 0.340 e. The Morgan fingerprint density at radius 3 is 1.42 bits per heavy atom. The molecule has 0 saturated carbocycles. The number of benzene rings is 4. The number of nitrogens with two attached hydrogens (primary N) is 4. The summed E-state index contributed by atoms with van der Waals surface area (Å²) in [6, 6.07) is 17.8. The number of halogens is 3. The number of anilines is 8. The van der Waals surface area contributed by atoms with E-state index in [1.165, 1.54) is 86.1 Å². The summed E-state index contributed by atoms with van der Waals surface area (Å²) in [7, 11) is 2.35. The summed E-state index contributed by atoms with van der Waals surface area (Å²) in [5.41, 5.74) is 24.3. The molecular weight excluding hydrogens is 1390 g/mol. The van der Waals surface area contributed by atoms with Gasteiger partial charge in [0.15, 0.2) is 22.8 Å². The second-order valence-corrected chi connectivity index (χ2v) is 20.6. The standard InChI is InChI=1S/C16H14FN7O3.C15H10ClN7O3.C15H11FN6O3.C15H8N8O3/c1-3-4-8-5-12(9(6-10(8)17)16(26)27-2)19-15(25)13-7-11(18)14-20-22-23-24(14)21-13;1-3-7-4-11(8(5-9(7)16)15(25)26-2)18-14(24)12-6-10(17)13-19-21-22-23(13)20-12;1-7(16)8-2-3-9(15(24)25)11(4-8)19-14(23)12-5-10(17)13-6-18-21-22(13)20-12;1-2-7-4-11(9(15(25)26)3-8(7)6-16)18-14(24)12-5-10(17)13-19-21-22-23(13)20-12/h3-7H,18H2,1-2H3,(H,19,25);1,4-6H,17H2,2H3,(H,18,24);2-6H,1,17H2,(H,19,23)(H,24,25);1,3-5H,17H2,(H,18,24)(H,25,26)/b4-3+;;;. The summed E-state index contributed by atoms with van der Waals surface area (Å²) < 4.78 is 40.8. The van der Waals surface area contributed by atoms with Gasteiger partial charge in [0.05, 0.1) is 98.8 Å². The van der Waals surface area contributed by atoms with E-state index >= 15 is 0 Å². The number of hydrogen-bond acceptors (Lipinski definition) is 30. The SMILES string of the molecule is C#Cc1cc(NC(=O)c2cc(N)c3nnnn3n2)c(C(=O)O)cc1C#N.C#Cc1cc(NC(=O)c2cc(N)c3nnnn3n2)c(C(=O)OC)cc1Cl.C/C=C/c1cc(NC(=O)c2cc(N)c3nnnn3n2)c(C(=O)OC)cc1F.C=C(F)c1ccc(C(=O)O)c(NC(=O)c2cc(N)c3cnnn3n2)c1. The van der Waals surface area contributed by atoms with Crippen LogP contribution in [-0.4, -0.2) is 168 Å². The number of carboxylic acid groups (broad SMARTS) is 2. The van der Waals surface area contributed by atoms with E-state index in [0.29, 0.717) is 5.52 Å². The Hall–Kier alpha value is -15.9. The van der Waals surface area contributed by atoms with Crippen LogP contribution in [0.1, 0.15) is 118 Å². The lowest BCUT2D eigenvalue weighted by atomic mass is 10.0. The molecule has 0 saturated heterocycles. The molecule has 0 bridgehead atoms. The fourth-order valence-electron chi connectivity index (χ4n) is 8.77. The van der Waals surface area contributed by atoms with Crippen molar-refractivity contribution in [2.45, 2.75) is 6.92 Å². The van der Waals surface area contributed by atoms with Crippen LogP contribution in [0.2, 0.25) is 5.02 Å². The monoisotopic (exact) mass is 1430 g/mol. The summed E-state index contributed by atoms with van der Waals surface area (Å²) in [6.45, 7) is 4.85. The minimum absolute atomic E-state index is 0.000350. The average Bonchev–Trinajstić information content (AvgIpc) is 1.81. The van der Waals surface area contributed by atoms with Crippen LogP contribution >= 0.6 is 11.6 Å². The highest BCUT2D eigenvalue weighted by atomic mass is 35.5. The summed E-state index contributed by atoms with van der Waals surface area (Å²) >= 11 is 6.01. The summed E-state index contributed by atoms with van der Waals surface area (Å²) in [5, 5.41) is 92.5. The molecule has 43 heteroatoms. The Morgan fingerprint density at radius 2 is 0.990 bits per heavy atom. The van der Waals surface area contributed by atoms with Crippen LogP contribution in [0.4, 0.5) is 54.3 Å². The third-order valence-corrected chi connectivity index (χ3v) is 14.0. The number of nitrogens with zero attached hydrogens (tertiary/aromatic N) is 20. The van der Waals surface area contributed by atoms with Crippen LogP contribution in [0.15, 0.2) is 97.7 Å². The second-order valence-electron chi connectivity index (χ2n) is 20.2. The van der Waals surface area contributed by atoms with Crippen molar-refractivity contribution in [3.63, 3.8) is 0 Å². The minimum atomic E-state index is -1.34. The number of nitrogens with one attached hydrogen (secondary N) is 4. The molecule has 8 heterocycles. The zero-order chi connectivity index (χ0) is 75.4. The summed E-state index contributed by atoms with van der Waals surface area (Å²) in [5.74, 6) is -3.77. The Bertz CT molecular complexity index is 5740. The van der Waals surface area contributed by atoms with Crippen molar-refractivity contribution in [1.82, 2.24) is 95.8 Å². The first kappa shape index (κ1) is 72.3. The van der Waals surface area contributed by atoms with Crippen molar-refractivity contribution >= 4 is 139 Å². The molecule has 0 aliphatic carbocycles. The van der Waals surface area contributed by atoms with Crippen LogP contribution in [-0.2, 0) is 9.47 Å². The number of ether oxygens (including phenoxy) is 2. The molecule has 0 aliphatic heterocycles. The Morgan fingerprint density at radius 1 is 0.567 bits per heavy atom. The molecule has 104 heavy (non-hydrogen) atoms. The van der Waals surface area contributed by atoms with Gasteiger partial charge < -0.3 is 63.9 Å². The predicted octanol–water partition coefficient (Wildman–Crippen LogP) is 3.59. The van der Waals surface area contributed by atoms with Gasteiger partial charge in [0.25, 0.3) is 23.6 Å². The molecule has 4 aromatic carbocycles. The maximum atomic E-state index is 14.1. The largest absolute Gasteiger partial charge is 0.478 e. The first-order chi connectivity index (χ1) is 49.7. The van der Waals surface area contributed by atoms with Gasteiger partial charge in [0.1, 0.15) is 23.2 Å². The Balaban J connectivity index is 0.000000161. The number of fused-ring (bicyclic) bond motifs is 4. The van der Waals surface area contributed by atoms with Gasteiger partial charge in [0.2, 0.25) is 16.9 Å². The highest BCUT2D eigenvalue weighted by molar-refractivity contribution is 6.32. The van der Waals surface area contributed by atoms with E-state index < -0.39 is 59.2 Å². The molecule has 4 amide bonds. The van der Waals surface area contributed by atoms with E-state index in [9.17, 15) is 57.4 Å². The maximum absolute atomic E-state index is 14.1. The van der Waals surface area contributed by atoms with Crippen LogP contribution in [0.25, 0.3) is 34.4 Å².